The fraction of sp³-hybridized carbons (Fsp3) is 0.118. The molecule has 0 amide bonds. The summed E-state index contributed by atoms with van der Waals surface area (Å²) in [5.74, 6) is -0.794. The van der Waals surface area contributed by atoms with E-state index in [4.69, 9.17) is 4.42 Å². The molecule has 0 spiro atoms. The maximum atomic E-state index is 11.2. The number of benzene rings is 1. The predicted molar refractivity (Wildman–Crippen MR) is 76.8 cm³/mol. The number of hydrogen-bond acceptors (Lipinski definition) is 2. The van der Waals surface area contributed by atoms with Gasteiger partial charge in [-0.3, -0.25) is 4.79 Å². The number of fused-ring (bicyclic) bond motifs is 1. The van der Waals surface area contributed by atoms with Crippen LogP contribution in [0, 0.1) is 0 Å². The van der Waals surface area contributed by atoms with E-state index in [0.717, 1.165) is 16.7 Å². The second-order valence-electron chi connectivity index (χ2n) is 4.80. The summed E-state index contributed by atoms with van der Waals surface area (Å²) < 4.78 is 5.55. The van der Waals surface area contributed by atoms with Gasteiger partial charge in [0.05, 0.1) is 12.2 Å². The molecule has 2 aliphatic rings. The maximum Gasteiger partial charge on any atom is 0.310 e. The number of carboxylic acids is 1. The zero-order valence-electron chi connectivity index (χ0n) is 11.0. The summed E-state index contributed by atoms with van der Waals surface area (Å²) in [6, 6.07) is 15.6. The molecule has 1 unspecified atom stereocenters. The standard InChI is InChI=1S/C17H14O3/c1-11(17(18)19)14-10-15(12-6-3-2-4-7-12)13-8-5-9-20-16(13)14/h2-11H,1H3,(H,18,19). The molecular weight excluding hydrogens is 252 g/mol. The quantitative estimate of drug-likeness (QED) is 0.771. The van der Waals surface area contributed by atoms with E-state index in [1.165, 1.54) is 0 Å². The lowest BCUT2D eigenvalue weighted by molar-refractivity contribution is -0.138. The summed E-state index contributed by atoms with van der Waals surface area (Å²) >= 11 is 0. The van der Waals surface area contributed by atoms with Crippen molar-refractivity contribution < 1.29 is 14.3 Å². The fourth-order valence-electron chi connectivity index (χ4n) is 2.43. The molecule has 3 nitrogen and oxygen atoms in total. The molecule has 1 aliphatic carbocycles. The number of carboxylic acid groups (broad SMARTS) is 1. The molecule has 3 rings (SSSR count). The first-order valence-corrected chi connectivity index (χ1v) is 6.47. The van der Waals surface area contributed by atoms with Crippen LogP contribution in [0.1, 0.15) is 18.4 Å². The maximum absolute atomic E-state index is 11.2. The molecule has 1 aromatic rings. The summed E-state index contributed by atoms with van der Waals surface area (Å²) in [4.78, 5) is 11.2. The number of aliphatic carboxylic acids is 1. The molecule has 0 aromatic heterocycles. The highest BCUT2D eigenvalue weighted by Crippen LogP contribution is 2.41. The van der Waals surface area contributed by atoms with E-state index in [1.54, 1.807) is 13.2 Å². The van der Waals surface area contributed by atoms with Gasteiger partial charge in [-0.2, -0.15) is 0 Å². The highest BCUT2D eigenvalue weighted by atomic mass is 16.4. The molecule has 0 bridgehead atoms. The molecule has 0 radical (unpaired) electrons. The van der Waals surface area contributed by atoms with Gasteiger partial charge in [0.2, 0.25) is 0 Å². The Morgan fingerprint density at radius 1 is 1.10 bits per heavy atom. The van der Waals surface area contributed by atoms with Crippen LogP contribution in [0.15, 0.2) is 59.2 Å². The van der Waals surface area contributed by atoms with Gasteiger partial charge in [0.25, 0.3) is 0 Å². The SMILES string of the molecule is CC(C(=O)O)c1cc(-c2ccccc2)c2cccoc1-2. The zero-order chi connectivity index (χ0) is 14.1. The third kappa shape index (κ3) is 1.97. The number of hydrogen-bond donors (Lipinski definition) is 1. The molecule has 1 N–H and O–H groups in total. The molecule has 3 heteroatoms. The van der Waals surface area contributed by atoms with Crippen LogP contribution in [0.3, 0.4) is 0 Å². The molecule has 1 heterocycles. The van der Waals surface area contributed by atoms with Gasteiger partial charge < -0.3 is 9.52 Å². The van der Waals surface area contributed by atoms with Crippen molar-refractivity contribution in [3.8, 4) is 22.5 Å². The van der Waals surface area contributed by atoms with Crippen molar-refractivity contribution >= 4 is 5.97 Å². The zero-order valence-corrected chi connectivity index (χ0v) is 11.0. The van der Waals surface area contributed by atoms with Gasteiger partial charge in [-0.25, -0.2) is 0 Å². The van der Waals surface area contributed by atoms with Crippen LogP contribution < -0.4 is 0 Å². The summed E-state index contributed by atoms with van der Waals surface area (Å²) in [5, 5.41) is 9.23. The van der Waals surface area contributed by atoms with Crippen molar-refractivity contribution in [1.29, 1.82) is 0 Å². The van der Waals surface area contributed by atoms with Gasteiger partial charge in [0.15, 0.2) is 0 Å². The number of carbonyl (C=O) groups is 1. The van der Waals surface area contributed by atoms with Crippen LogP contribution in [0.5, 0.6) is 0 Å². The van der Waals surface area contributed by atoms with Crippen LogP contribution in [0.2, 0.25) is 0 Å². The summed E-state index contributed by atoms with van der Waals surface area (Å²) in [6.45, 7) is 1.67. The Morgan fingerprint density at radius 2 is 1.85 bits per heavy atom. The van der Waals surface area contributed by atoms with Crippen molar-refractivity contribution in [1.82, 2.24) is 0 Å². The molecule has 0 saturated carbocycles. The van der Waals surface area contributed by atoms with Crippen LogP contribution in [0.25, 0.3) is 22.5 Å². The molecule has 0 saturated heterocycles. The Bertz CT molecular complexity index is 712. The predicted octanol–water partition coefficient (Wildman–Crippen LogP) is 4.24. The third-order valence-corrected chi connectivity index (χ3v) is 3.55. The molecular formula is C17H14O3. The van der Waals surface area contributed by atoms with Gasteiger partial charge in [-0.05, 0) is 36.2 Å². The van der Waals surface area contributed by atoms with E-state index in [1.807, 2.05) is 48.5 Å². The Balaban J connectivity index is 2.22. The monoisotopic (exact) mass is 266 g/mol. The van der Waals surface area contributed by atoms with Gasteiger partial charge in [0.1, 0.15) is 5.76 Å². The van der Waals surface area contributed by atoms with Crippen molar-refractivity contribution in [2.75, 3.05) is 0 Å². The fourth-order valence-corrected chi connectivity index (χ4v) is 2.43. The first kappa shape index (κ1) is 12.5. The lowest BCUT2D eigenvalue weighted by Crippen LogP contribution is -2.06. The molecule has 1 aromatic carbocycles. The average molecular weight is 266 g/mol. The highest BCUT2D eigenvalue weighted by Gasteiger charge is 2.25. The molecule has 100 valence electrons. The topological polar surface area (TPSA) is 50.4 Å². The van der Waals surface area contributed by atoms with Crippen LogP contribution in [-0.2, 0) is 4.79 Å². The van der Waals surface area contributed by atoms with Gasteiger partial charge >= 0.3 is 5.97 Å². The van der Waals surface area contributed by atoms with Crippen molar-refractivity contribution in [3.05, 3.63) is 60.4 Å². The Morgan fingerprint density at radius 3 is 2.55 bits per heavy atom. The second-order valence-corrected chi connectivity index (χ2v) is 4.80. The minimum absolute atomic E-state index is 0.596. The van der Waals surface area contributed by atoms with Gasteiger partial charge in [0, 0.05) is 11.1 Å². The lowest BCUT2D eigenvalue weighted by Gasteiger charge is -2.06. The van der Waals surface area contributed by atoms with Gasteiger partial charge in [-0.1, -0.05) is 30.3 Å². The summed E-state index contributed by atoms with van der Waals surface area (Å²) in [7, 11) is 0. The Hall–Kier alpha value is -2.55. The van der Waals surface area contributed by atoms with E-state index < -0.39 is 11.9 Å². The van der Waals surface area contributed by atoms with E-state index in [-0.39, 0.29) is 0 Å². The normalized spacial score (nSPS) is 12.4. The van der Waals surface area contributed by atoms with Crippen molar-refractivity contribution in [2.24, 2.45) is 0 Å². The van der Waals surface area contributed by atoms with E-state index in [2.05, 4.69) is 0 Å². The molecule has 0 fully saturated rings. The molecule has 1 aliphatic heterocycles. The van der Waals surface area contributed by atoms with Crippen molar-refractivity contribution in [3.63, 3.8) is 0 Å². The smallest absolute Gasteiger partial charge is 0.310 e. The van der Waals surface area contributed by atoms with Gasteiger partial charge in [-0.15, -0.1) is 0 Å². The van der Waals surface area contributed by atoms with E-state index in [0.29, 0.717) is 11.3 Å². The molecule has 1 atom stereocenters. The lowest BCUT2D eigenvalue weighted by atomic mass is 10.0. The number of rotatable bonds is 3. The first-order valence-electron chi connectivity index (χ1n) is 6.47. The Kier molecular flexibility index (Phi) is 3.03. The largest absolute Gasteiger partial charge is 0.481 e. The Labute approximate surface area is 116 Å². The third-order valence-electron chi connectivity index (χ3n) is 3.55. The van der Waals surface area contributed by atoms with Crippen LogP contribution in [0.4, 0.5) is 0 Å². The highest BCUT2D eigenvalue weighted by molar-refractivity contribution is 5.90. The average Bonchev–Trinajstić information content (AvgIpc) is 2.87. The minimum atomic E-state index is -0.851. The second kappa shape index (κ2) is 4.85. The first-order chi connectivity index (χ1) is 9.68. The molecule has 20 heavy (non-hydrogen) atoms. The van der Waals surface area contributed by atoms with E-state index >= 15 is 0 Å². The van der Waals surface area contributed by atoms with Crippen molar-refractivity contribution in [2.45, 2.75) is 12.8 Å². The summed E-state index contributed by atoms with van der Waals surface area (Å²) in [6.07, 6.45) is 1.58. The minimum Gasteiger partial charge on any atom is -0.481 e. The summed E-state index contributed by atoms with van der Waals surface area (Å²) in [5.41, 5.74) is 3.73. The van der Waals surface area contributed by atoms with E-state index in [9.17, 15) is 9.90 Å². The van der Waals surface area contributed by atoms with Crippen LogP contribution in [-0.4, -0.2) is 11.1 Å². The van der Waals surface area contributed by atoms with Crippen LogP contribution >= 0.6 is 0 Å².